The van der Waals surface area contributed by atoms with Crippen LogP contribution in [0, 0.1) is 0 Å². The van der Waals surface area contributed by atoms with Gasteiger partial charge >= 0.3 is 0 Å². The van der Waals surface area contributed by atoms with E-state index in [2.05, 4.69) is 28.0 Å². The van der Waals surface area contributed by atoms with E-state index in [0.717, 1.165) is 17.8 Å². The molecule has 0 aliphatic heterocycles. The number of carbonyl (C=O) groups is 1. The number of carbonyl (C=O) groups excluding carboxylic acids is 1. The molecule has 0 saturated heterocycles. The zero-order valence-electron chi connectivity index (χ0n) is 14.5. The van der Waals surface area contributed by atoms with E-state index in [0.29, 0.717) is 10.6 Å². The number of rotatable bonds is 4. The van der Waals surface area contributed by atoms with Gasteiger partial charge in [-0.15, -0.1) is 0 Å². The van der Waals surface area contributed by atoms with E-state index in [1.165, 1.54) is 18.8 Å². The largest absolute Gasteiger partial charge is 0.295 e. The van der Waals surface area contributed by atoms with Gasteiger partial charge in [-0.25, -0.2) is 4.99 Å². The molecule has 0 N–H and O–H groups in total. The summed E-state index contributed by atoms with van der Waals surface area (Å²) in [6.45, 7) is 5.57. The predicted octanol–water partition coefficient (Wildman–Crippen LogP) is 4.65. The van der Waals surface area contributed by atoms with Gasteiger partial charge in [-0.1, -0.05) is 24.6 Å². The SMILES string of the molecule is CC(=O)c1ccc(Cl)cc1.CCc1ccc(C(C)=NC=NC)nc1. The molecule has 4 nitrogen and oxygen atoms in total. The monoisotopic (exact) mass is 343 g/mol. The number of aliphatic imine (C=N–C) groups is 2. The summed E-state index contributed by atoms with van der Waals surface area (Å²) in [5.41, 5.74) is 3.73. The van der Waals surface area contributed by atoms with Gasteiger partial charge in [0, 0.05) is 23.8 Å². The highest BCUT2D eigenvalue weighted by atomic mass is 35.5. The van der Waals surface area contributed by atoms with Crippen molar-refractivity contribution in [2.24, 2.45) is 9.98 Å². The Kier molecular flexibility index (Phi) is 8.58. The van der Waals surface area contributed by atoms with Crippen LogP contribution in [0.15, 0.2) is 52.6 Å². The van der Waals surface area contributed by atoms with Gasteiger partial charge < -0.3 is 0 Å². The molecule has 2 aromatic rings. The van der Waals surface area contributed by atoms with Crippen LogP contribution in [-0.4, -0.2) is 29.9 Å². The third-order valence-corrected chi connectivity index (χ3v) is 3.47. The topological polar surface area (TPSA) is 54.7 Å². The molecule has 0 saturated carbocycles. The van der Waals surface area contributed by atoms with Crippen LogP contribution in [0.5, 0.6) is 0 Å². The summed E-state index contributed by atoms with van der Waals surface area (Å²) in [5, 5.41) is 0.657. The second-order valence-electron chi connectivity index (χ2n) is 5.06. The molecule has 5 heteroatoms. The van der Waals surface area contributed by atoms with Crippen molar-refractivity contribution in [3.05, 3.63) is 64.4 Å². The van der Waals surface area contributed by atoms with Crippen molar-refractivity contribution >= 4 is 29.4 Å². The molecule has 1 aromatic carbocycles. The van der Waals surface area contributed by atoms with Crippen LogP contribution >= 0.6 is 11.6 Å². The Hall–Kier alpha value is -2.33. The van der Waals surface area contributed by atoms with E-state index < -0.39 is 0 Å². The molecule has 0 fully saturated rings. The number of Topliss-reactive ketones (excluding diaryl/α,β-unsaturated/α-hetero) is 1. The molecule has 1 heterocycles. The zero-order valence-corrected chi connectivity index (χ0v) is 15.2. The minimum Gasteiger partial charge on any atom is -0.295 e. The van der Waals surface area contributed by atoms with Crippen molar-refractivity contribution in [2.45, 2.75) is 27.2 Å². The molecule has 0 bridgehead atoms. The molecular weight excluding hydrogens is 322 g/mol. The Morgan fingerprint density at radius 1 is 1.17 bits per heavy atom. The molecule has 2 rings (SSSR count). The number of aryl methyl sites for hydroxylation is 1. The molecule has 0 radical (unpaired) electrons. The molecule has 0 amide bonds. The standard InChI is InChI=1S/C11H15N3.C8H7ClO/c1-4-10-5-6-11(13-7-10)9(2)14-8-12-3;1-6(10)7-2-4-8(9)5-3-7/h5-8H,4H2,1-3H3;2-5H,1H3. The molecule has 24 heavy (non-hydrogen) atoms. The Morgan fingerprint density at radius 2 is 1.83 bits per heavy atom. The van der Waals surface area contributed by atoms with Gasteiger partial charge in [0.25, 0.3) is 0 Å². The number of nitrogens with zero attached hydrogens (tertiary/aromatic N) is 3. The molecule has 0 aliphatic carbocycles. The molecular formula is C19H22ClN3O. The van der Waals surface area contributed by atoms with Crippen LogP contribution in [0.4, 0.5) is 0 Å². The Labute approximate surface area is 148 Å². The number of pyridine rings is 1. The van der Waals surface area contributed by atoms with Crippen LogP contribution in [0.3, 0.4) is 0 Å². The maximum absolute atomic E-state index is 10.7. The molecule has 0 aliphatic rings. The number of hydrogen-bond donors (Lipinski definition) is 0. The minimum absolute atomic E-state index is 0.0664. The van der Waals surface area contributed by atoms with Gasteiger partial charge in [-0.05, 0) is 56.2 Å². The first-order chi connectivity index (χ1) is 11.5. The van der Waals surface area contributed by atoms with Gasteiger partial charge in [0.2, 0.25) is 0 Å². The summed E-state index contributed by atoms with van der Waals surface area (Å²) in [5.74, 6) is 0.0664. The first-order valence-electron chi connectivity index (χ1n) is 7.64. The third kappa shape index (κ3) is 6.84. The molecule has 0 spiro atoms. The number of ketones is 1. The van der Waals surface area contributed by atoms with Crippen molar-refractivity contribution in [3.8, 4) is 0 Å². The van der Waals surface area contributed by atoms with E-state index in [1.54, 1.807) is 31.3 Å². The van der Waals surface area contributed by atoms with Gasteiger partial charge in [-0.2, -0.15) is 0 Å². The van der Waals surface area contributed by atoms with Crippen molar-refractivity contribution in [3.63, 3.8) is 0 Å². The fourth-order valence-electron chi connectivity index (χ4n) is 1.74. The summed E-state index contributed by atoms with van der Waals surface area (Å²) in [6.07, 6.45) is 4.43. The maximum atomic E-state index is 10.7. The van der Waals surface area contributed by atoms with Gasteiger partial charge in [0.15, 0.2) is 5.78 Å². The van der Waals surface area contributed by atoms with E-state index in [4.69, 9.17) is 11.6 Å². The summed E-state index contributed by atoms with van der Waals surface area (Å²) < 4.78 is 0. The second kappa shape index (κ2) is 10.4. The number of benzene rings is 1. The quantitative estimate of drug-likeness (QED) is 0.461. The van der Waals surface area contributed by atoms with Crippen molar-refractivity contribution < 1.29 is 4.79 Å². The first kappa shape index (κ1) is 19.7. The maximum Gasteiger partial charge on any atom is 0.159 e. The summed E-state index contributed by atoms with van der Waals surface area (Å²) in [6, 6.07) is 10.9. The third-order valence-electron chi connectivity index (χ3n) is 3.22. The summed E-state index contributed by atoms with van der Waals surface area (Å²) in [7, 11) is 1.70. The molecule has 1 aromatic heterocycles. The predicted molar refractivity (Wildman–Crippen MR) is 102 cm³/mol. The molecule has 0 unspecified atom stereocenters. The number of aromatic nitrogens is 1. The fraction of sp³-hybridized carbons (Fsp3) is 0.263. The highest BCUT2D eigenvalue weighted by Gasteiger charge is 1.97. The van der Waals surface area contributed by atoms with Crippen LogP contribution < -0.4 is 0 Å². The van der Waals surface area contributed by atoms with Crippen LogP contribution in [0.1, 0.15) is 42.4 Å². The van der Waals surface area contributed by atoms with Crippen molar-refractivity contribution in [1.82, 2.24) is 4.98 Å². The van der Waals surface area contributed by atoms with Gasteiger partial charge in [0.1, 0.15) is 6.34 Å². The van der Waals surface area contributed by atoms with E-state index in [9.17, 15) is 4.79 Å². The number of halogens is 1. The average molecular weight is 344 g/mol. The average Bonchev–Trinajstić information content (AvgIpc) is 2.60. The Bertz CT molecular complexity index is 704. The highest BCUT2D eigenvalue weighted by Crippen LogP contribution is 2.09. The highest BCUT2D eigenvalue weighted by molar-refractivity contribution is 6.30. The molecule has 126 valence electrons. The minimum atomic E-state index is 0.0664. The van der Waals surface area contributed by atoms with Gasteiger partial charge in [0.05, 0.1) is 11.4 Å². The molecule has 0 atom stereocenters. The first-order valence-corrected chi connectivity index (χ1v) is 8.02. The fourth-order valence-corrected chi connectivity index (χ4v) is 1.87. The lowest BCUT2D eigenvalue weighted by molar-refractivity contribution is 0.101. The van der Waals surface area contributed by atoms with Crippen molar-refractivity contribution in [2.75, 3.05) is 7.05 Å². The Morgan fingerprint density at radius 3 is 2.29 bits per heavy atom. The summed E-state index contributed by atoms with van der Waals surface area (Å²) >= 11 is 5.61. The van der Waals surface area contributed by atoms with E-state index in [-0.39, 0.29) is 5.78 Å². The van der Waals surface area contributed by atoms with Crippen LogP contribution in [0.25, 0.3) is 0 Å². The van der Waals surface area contributed by atoms with E-state index in [1.807, 2.05) is 19.2 Å². The van der Waals surface area contributed by atoms with Crippen LogP contribution in [-0.2, 0) is 6.42 Å². The lowest BCUT2D eigenvalue weighted by atomic mass is 10.2. The normalized spacial score (nSPS) is 11.1. The van der Waals surface area contributed by atoms with E-state index >= 15 is 0 Å². The smallest absolute Gasteiger partial charge is 0.159 e. The lowest BCUT2D eigenvalue weighted by Crippen LogP contribution is -1.99. The second-order valence-corrected chi connectivity index (χ2v) is 5.49. The zero-order chi connectivity index (χ0) is 17.9. The number of hydrogen-bond acceptors (Lipinski definition) is 3. The summed E-state index contributed by atoms with van der Waals surface area (Å²) in [4.78, 5) is 22.9. The van der Waals surface area contributed by atoms with Gasteiger partial charge in [-0.3, -0.25) is 14.8 Å². The van der Waals surface area contributed by atoms with Crippen LogP contribution in [0.2, 0.25) is 5.02 Å². The Balaban J connectivity index is 0.000000254. The lowest BCUT2D eigenvalue weighted by Gasteiger charge is -1.99. The van der Waals surface area contributed by atoms with Crippen molar-refractivity contribution in [1.29, 1.82) is 0 Å².